The van der Waals surface area contributed by atoms with Crippen LogP contribution in [0.3, 0.4) is 0 Å². The minimum atomic E-state index is 0.670. The Morgan fingerprint density at radius 2 is 2.25 bits per heavy atom. The predicted molar refractivity (Wildman–Crippen MR) is 49.5 cm³/mol. The van der Waals surface area contributed by atoms with Gasteiger partial charge in [0.15, 0.2) is 0 Å². The van der Waals surface area contributed by atoms with E-state index in [0.717, 1.165) is 18.7 Å². The molecule has 0 aliphatic heterocycles. The fourth-order valence-corrected chi connectivity index (χ4v) is 1.35. The summed E-state index contributed by atoms with van der Waals surface area (Å²) in [5.74, 6) is 0.726. The van der Waals surface area contributed by atoms with E-state index < -0.39 is 0 Å². The smallest absolute Gasteiger partial charge is 0.137 e. The molecule has 2 nitrogen and oxygen atoms in total. The molecule has 0 amide bonds. The molecule has 0 aliphatic rings. The highest BCUT2D eigenvalue weighted by molar-refractivity contribution is 6.32. The average Bonchev–Trinajstić information content (AvgIpc) is 2.05. The van der Waals surface area contributed by atoms with Crippen LogP contribution in [0.2, 0.25) is 5.02 Å². The van der Waals surface area contributed by atoms with Crippen LogP contribution in [0.1, 0.15) is 5.56 Å². The third kappa shape index (κ3) is 2.13. The lowest BCUT2D eigenvalue weighted by Crippen LogP contribution is -2.51. The molecule has 0 radical (unpaired) electrons. The van der Waals surface area contributed by atoms with Crippen molar-refractivity contribution in [3.05, 3.63) is 28.8 Å². The van der Waals surface area contributed by atoms with Crippen LogP contribution in [-0.2, 0) is 6.42 Å². The third-order valence-electron chi connectivity index (χ3n) is 1.68. The van der Waals surface area contributed by atoms with Crippen molar-refractivity contribution in [2.24, 2.45) is 0 Å². The number of hydrogen-bond acceptors (Lipinski definition) is 1. The number of benzene rings is 1. The summed E-state index contributed by atoms with van der Waals surface area (Å²) in [5.41, 5.74) is 4.98. The number of hydrogen-bond donors (Lipinski definition) is 1. The fraction of sp³-hybridized carbons (Fsp3) is 0.333. The molecule has 0 saturated carbocycles. The molecule has 0 unspecified atom stereocenters. The number of quaternary nitrogens is 1. The first kappa shape index (κ1) is 9.36. The van der Waals surface area contributed by atoms with Gasteiger partial charge in [-0.15, -0.1) is 0 Å². The van der Waals surface area contributed by atoms with Gasteiger partial charge in [0.05, 0.1) is 18.7 Å². The Morgan fingerprint density at radius 1 is 1.50 bits per heavy atom. The van der Waals surface area contributed by atoms with Crippen LogP contribution in [0, 0.1) is 0 Å². The van der Waals surface area contributed by atoms with E-state index in [1.807, 2.05) is 18.2 Å². The van der Waals surface area contributed by atoms with Gasteiger partial charge in [-0.1, -0.05) is 17.7 Å². The van der Waals surface area contributed by atoms with E-state index in [1.54, 1.807) is 7.11 Å². The Labute approximate surface area is 77.3 Å². The summed E-state index contributed by atoms with van der Waals surface area (Å²) in [7, 11) is 1.61. The largest absolute Gasteiger partial charge is 0.495 e. The minimum absolute atomic E-state index is 0.670. The minimum Gasteiger partial charge on any atom is -0.495 e. The molecule has 3 heteroatoms. The maximum atomic E-state index is 5.92. The lowest BCUT2D eigenvalue weighted by molar-refractivity contribution is -0.366. The van der Waals surface area contributed by atoms with Gasteiger partial charge in [0, 0.05) is 6.42 Å². The van der Waals surface area contributed by atoms with Crippen molar-refractivity contribution < 1.29 is 10.5 Å². The first-order valence-corrected chi connectivity index (χ1v) is 4.27. The van der Waals surface area contributed by atoms with Gasteiger partial charge < -0.3 is 10.5 Å². The average molecular weight is 187 g/mol. The summed E-state index contributed by atoms with van der Waals surface area (Å²) in [4.78, 5) is 0. The van der Waals surface area contributed by atoms with Gasteiger partial charge >= 0.3 is 0 Å². The summed E-state index contributed by atoms with van der Waals surface area (Å²) in [6, 6.07) is 5.81. The quantitative estimate of drug-likeness (QED) is 0.755. The van der Waals surface area contributed by atoms with E-state index in [0.29, 0.717) is 5.02 Å². The summed E-state index contributed by atoms with van der Waals surface area (Å²) >= 11 is 5.92. The van der Waals surface area contributed by atoms with Crippen LogP contribution in [0.5, 0.6) is 5.75 Å². The summed E-state index contributed by atoms with van der Waals surface area (Å²) in [6.07, 6.45) is 0.962. The molecule has 12 heavy (non-hydrogen) atoms. The molecule has 0 atom stereocenters. The zero-order chi connectivity index (χ0) is 8.97. The molecule has 1 rings (SSSR count). The molecule has 0 fully saturated rings. The molecule has 1 aromatic carbocycles. The molecule has 0 aliphatic carbocycles. The Kier molecular flexibility index (Phi) is 3.38. The number of ether oxygens (including phenoxy) is 1. The number of rotatable bonds is 3. The van der Waals surface area contributed by atoms with E-state index >= 15 is 0 Å². The zero-order valence-corrected chi connectivity index (χ0v) is 7.90. The Balaban J connectivity index is 2.86. The fourth-order valence-electron chi connectivity index (χ4n) is 1.07. The van der Waals surface area contributed by atoms with Gasteiger partial charge in [0.2, 0.25) is 0 Å². The van der Waals surface area contributed by atoms with E-state index in [2.05, 4.69) is 5.73 Å². The Morgan fingerprint density at radius 3 is 2.75 bits per heavy atom. The van der Waals surface area contributed by atoms with Crippen molar-refractivity contribution in [1.29, 1.82) is 0 Å². The van der Waals surface area contributed by atoms with Crippen LogP contribution in [0.4, 0.5) is 0 Å². The molecule has 3 N–H and O–H groups in total. The third-order valence-corrected chi connectivity index (χ3v) is 1.98. The van der Waals surface area contributed by atoms with Gasteiger partial charge in [0.1, 0.15) is 5.75 Å². The molecular weight excluding hydrogens is 174 g/mol. The van der Waals surface area contributed by atoms with Crippen LogP contribution in [-0.4, -0.2) is 13.7 Å². The van der Waals surface area contributed by atoms with Crippen LogP contribution in [0.15, 0.2) is 18.2 Å². The highest BCUT2D eigenvalue weighted by Crippen LogP contribution is 2.24. The van der Waals surface area contributed by atoms with Crippen molar-refractivity contribution in [3.63, 3.8) is 0 Å². The van der Waals surface area contributed by atoms with Crippen molar-refractivity contribution >= 4 is 11.6 Å². The van der Waals surface area contributed by atoms with Crippen LogP contribution >= 0.6 is 11.6 Å². The predicted octanol–water partition coefficient (Wildman–Crippen LogP) is 1.13. The molecule has 0 spiro atoms. The Bertz CT molecular complexity index is 263. The van der Waals surface area contributed by atoms with Crippen molar-refractivity contribution in [2.75, 3.05) is 13.7 Å². The van der Waals surface area contributed by atoms with E-state index in [-0.39, 0.29) is 0 Å². The van der Waals surface area contributed by atoms with Crippen molar-refractivity contribution in [3.8, 4) is 5.75 Å². The van der Waals surface area contributed by atoms with Crippen LogP contribution in [0.25, 0.3) is 0 Å². The van der Waals surface area contributed by atoms with Gasteiger partial charge in [-0.25, -0.2) is 0 Å². The highest BCUT2D eigenvalue weighted by atomic mass is 35.5. The first-order valence-electron chi connectivity index (χ1n) is 3.89. The molecule has 0 saturated heterocycles. The van der Waals surface area contributed by atoms with Crippen LogP contribution < -0.4 is 10.5 Å². The Hall–Kier alpha value is -0.730. The zero-order valence-electron chi connectivity index (χ0n) is 7.14. The van der Waals surface area contributed by atoms with E-state index in [9.17, 15) is 0 Å². The summed E-state index contributed by atoms with van der Waals surface area (Å²) in [6.45, 7) is 0.892. The molecule has 0 bridgehead atoms. The van der Waals surface area contributed by atoms with E-state index in [4.69, 9.17) is 16.3 Å². The first-order chi connectivity index (χ1) is 5.77. The molecular formula is C9H13ClNO+. The van der Waals surface area contributed by atoms with Crippen molar-refractivity contribution in [1.82, 2.24) is 0 Å². The molecule has 1 aromatic rings. The SMILES string of the molecule is COc1ccc(CC[NH3+])cc1Cl. The lowest BCUT2D eigenvalue weighted by atomic mass is 10.1. The lowest BCUT2D eigenvalue weighted by Gasteiger charge is -2.03. The molecule has 66 valence electrons. The van der Waals surface area contributed by atoms with Gasteiger partial charge in [-0.2, -0.15) is 0 Å². The molecule has 0 heterocycles. The topological polar surface area (TPSA) is 36.9 Å². The molecule has 0 aromatic heterocycles. The second-order valence-electron chi connectivity index (χ2n) is 2.57. The standard InChI is InChI=1S/C9H12ClNO/c1-12-9-3-2-7(4-5-11)6-8(9)10/h2-3,6H,4-5,11H2,1H3/p+1. The maximum absolute atomic E-state index is 5.92. The van der Waals surface area contributed by atoms with Crippen molar-refractivity contribution in [2.45, 2.75) is 6.42 Å². The van der Waals surface area contributed by atoms with Gasteiger partial charge in [0.25, 0.3) is 0 Å². The second-order valence-corrected chi connectivity index (χ2v) is 2.98. The number of halogens is 1. The second kappa shape index (κ2) is 4.33. The normalized spacial score (nSPS) is 9.92. The maximum Gasteiger partial charge on any atom is 0.137 e. The van der Waals surface area contributed by atoms with Gasteiger partial charge in [-0.3, -0.25) is 0 Å². The highest BCUT2D eigenvalue weighted by Gasteiger charge is 2.00. The summed E-state index contributed by atoms with van der Waals surface area (Å²) < 4.78 is 5.03. The number of methoxy groups -OCH3 is 1. The van der Waals surface area contributed by atoms with E-state index in [1.165, 1.54) is 5.56 Å². The summed E-state index contributed by atoms with van der Waals surface area (Å²) in [5, 5.41) is 0.670. The van der Waals surface area contributed by atoms with Gasteiger partial charge in [-0.05, 0) is 17.7 Å². The monoisotopic (exact) mass is 186 g/mol.